The Morgan fingerprint density at radius 3 is 2.49 bits per heavy atom. The second-order valence-electron chi connectivity index (χ2n) is 10.4. The molecule has 2 heterocycles. The third-order valence-corrected chi connectivity index (χ3v) is 6.28. The number of fused-ring (bicyclic) bond motifs is 1. The number of carbonyl (C=O) groups excluding carboxylic acids is 4. The smallest absolute Gasteiger partial charge is 0.408 e. The summed E-state index contributed by atoms with van der Waals surface area (Å²) in [7, 11) is 0. The summed E-state index contributed by atoms with van der Waals surface area (Å²) in [5.41, 5.74) is 1.30. The Bertz CT molecular complexity index is 1100. The van der Waals surface area contributed by atoms with Crippen LogP contribution >= 0.6 is 0 Å². The van der Waals surface area contributed by atoms with Gasteiger partial charge in [0.1, 0.15) is 18.2 Å². The van der Waals surface area contributed by atoms with Crippen LogP contribution in [0.15, 0.2) is 30.5 Å². The van der Waals surface area contributed by atoms with Crippen molar-refractivity contribution in [2.24, 2.45) is 5.92 Å². The summed E-state index contributed by atoms with van der Waals surface area (Å²) < 4.78 is 5.16. The number of aromatic nitrogens is 1. The first-order valence-electron chi connectivity index (χ1n) is 12.9. The highest BCUT2D eigenvalue weighted by Gasteiger charge is 2.31. The first kappa shape index (κ1) is 28.0. The molecule has 4 amide bonds. The van der Waals surface area contributed by atoms with Gasteiger partial charge in [0.05, 0.1) is 0 Å². The van der Waals surface area contributed by atoms with Gasteiger partial charge in [0.25, 0.3) is 0 Å². The van der Waals surface area contributed by atoms with Crippen molar-refractivity contribution >= 4 is 34.7 Å². The van der Waals surface area contributed by atoms with E-state index in [1.807, 2.05) is 37.4 Å². The van der Waals surface area contributed by atoms with Gasteiger partial charge in [-0.05, 0) is 51.7 Å². The number of amides is 4. The van der Waals surface area contributed by atoms with Crippen molar-refractivity contribution in [1.29, 1.82) is 0 Å². The fraction of sp³-hybridized carbons (Fsp3) is 0.556. The molecule has 10 nitrogen and oxygen atoms in total. The Morgan fingerprint density at radius 2 is 1.81 bits per heavy atom. The molecule has 0 bridgehead atoms. The van der Waals surface area contributed by atoms with Gasteiger partial charge in [-0.25, -0.2) is 4.79 Å². The van der Waals surface area contributed by atoms with E-state index in [4.69, 9.17) is 4.74 Å². The third kappa shape index (κ3) is 8.23. The van der Waals surface area contributed by atoms with E-state index in [-0.39, 0.29) is 30.2 Å². The van der Waals surface area contributed by atoms with E-state index >= 15 is 0 Å². The largest absolute Gasteiger partial charge is 0.444 e. The molecule has 0 radical (unpaired) electrons. The van der Waals surface area contributed by atoms with Crippen LogP contribution in [0.2, 0.25) is 0 Å². The first-order chi connectivity index (χ1) is 17.6. The van der Waals surface area contributed by atoms with Gasteiger partial charge in [-0.3, -0.25) is 14.4 Å². The molecule has 0 spiro atoms. The fourth-order valence-corrected chi connectivity index (χ4v) is 4.36. The number of alkyl carbamates (subject to hydrolysis) is 1. The van der Waals surface area contributed by atoms with E-state index in [2.05, 4.69) is 20.9 Å². The number of hydrogen-bond donors (Lipinski definition) is 4. The number of likely N-dealkylation sites (tertiary alicyclic amines) is 1. The maximum atomic E-state index is 13.1. The van der Waals surface area contributed by atoms with Crippen molar-refractivity contribution in [2.75, 3.05) is 26.2 Å². The Hall–Kier alpha value is -3.56. The molecule has 10 heteroatoms. The summed E-state index contributed by atoms with van der Waals surface area (Å²) in [6, 6.07) is 7.16. The van der Waals surface area contributed by atoms with Crippen LogP contribution in [0.25, 0.3) is 10.9 Å². The Kier molecular flexibility index (Phi) is 9.54. The highest BCUT2D eigenvalue weighted by Crippen LogP contribution is 2.21. The number of nitrogens with zero attached hydrogens (tertiary/aromatic N) is 1. The number of H-pyrrole nitrogens is 1. The average Bonchev–Trinajstić information content (AvgIpc) is 3.27. The lowest BCUT2D eigenvalue weighted by molar-refractivity contribution is -0.136. The summed E-state index contributed by atoms with van der Waals surface area (Å²) in [6.45, 7) is 8.43. The van der Waals surface area contributed by atoms with E-state index < -0.39 is 17.7 Å². The van der Waals surface area contributed by atoms with E-state index in [1.165, 1.54) is 0 Å². The number of para-hydroxylation sites is 1. The van der Waals surface area contributed by atoms with Crippen LogP contribution in [0.5, 0.6) is 0 Å². The van der Waals surface area contributed by atoms with Gasteiger partial charge in [-0.1, -0.05) is 25.1 Å². The van der Waals surface area contributed by atoms with Gasteiger partial charge in [0.2, 0.25) is 17.7 Å². The minimum absolute atomic E-state index is 0.157. The molecule has 0 saturated carbocycles. The molecule has 0 unspecified atom stereocenters. The van der Waals surface area contributed by atoms with E-state index in [1.54, 1.807) is 25.7 Å². The van der Waals surface area contributed by atoms with Gasteiger partial charge in [0.15, 0.2) is 0 Å². The quantitative estimate of drug-likeness (QED) is 0.409. The predicted octanol–water partition coefficient (Wildman–Crippen LogP) is 2.48. The van der Waals surface area contributed by atoms with Crippen molar-refractivity contribution in [3.05, 3.63) is 36.0 Å². The van der Waals surface area contributed by atoms with Crippen LogP contribution in [-0.2, 0) is 25.5 Å². The predicted molar refractivity (Wildman–Crippen MR) is 141 cm³/mol. The number of piperidine rings is 1. The molecule has 1 fully saturated rings. The second kappa shape index (κ2) is 12.6. The minimum Gasteiger partial charge on any atom is -0.444 e. The van der Waals surface area contributed by atoms with E-state index in [0.29, 0.717) is 38.9 Å². The lowest BCUT2D eigenvalue weighted by Crippen LogP contribution is -2.52. The van der Waals surface area contributed by atoms with Gasteiger partial charge in [-0.15, -0.1) is 0 Å². The summed E-state index contributed by atoms with van der Waals surface area (Å²) in [5.74, 6) is -0.912. The molecule has 3 rings (SSSR count). The zero-order valence-corrected chi connectivity index (χ0v) is 22.2. The molecule has 202 valence electrons. The number of rotatable bonds is 9. The molecule has 4 N–H and O–H groups in total. The Labute approximate surface area is 217 Å². The molecule has 1 aliphatic rings. The van der Waals surface area contributed by atoms with Gasteiger partial charge >= 0.3 is 6.09 Å². The molecule has 1 saturated heterocycles. The molecule has 1 aromatic carbocycles. The summed E-state index contributed by atoms with van der Waals surface area (Å²) in [6.07, 6.45) is 3.39. The van der Waals surface area contributed by atoms with Crippen molar-refractivity contribution in [2.45, 2.75) is 65.0 Å². The van der Waals surface area contributed by atoms with E-state index in [0.717, 1.165) is 22.9 Å². The Balaban J connectivity index is 1.54. The topological polar surface area (TPSA) is 133 Å². The number of nitrogens with one attached hydrogen (secondary N) is 4. The monoisotopic (exact) mass is 513 g/mol. The zero-order chi connectivity index (χ0) is 27.0. The van der Waals surface area contributed by atoms with Crippen LogP contribution < -0.4 is 16.0 Å². The van der Waals surface area contributed by atoms with Gasteiger partial charge < -0.3 is 30.6 Å². The Morgan fingerprint density at radius 1 is 1.11 bits per heavy atom. The normalized spacial score (nSPS) is 15.2. The van der Waals surface area contributed by atoms with Gasteiger partial charge in [0, 0.05) is 49.1 Å². The molecule has 2 aromatic rings. The SMILES string of the molecule is CCCNC(=O)[C@H](Cc1c[nH]c2ccccc12)NC(=O)C1CCN(C(=O)CNC(=O)OC(C)(C)C)CC1. The van der Waals surface area contributed by atoms with Crippen LogP contribution in [0.1, 0.15) is 52.5 Å². The maximum absolute atomic E-state index is 13.1. The molecule has 37 heavy (non-hydrogen) atoms. The number of benzene rings is 1. The van der Waals surface area contributed by atoms with Crippen molar-refractivity contribution in [3.8, 4) is 0 Å². The summed E-state index contributed by atoms with van der Waals surface area (Å²) in [4.78, 5) is 55.2. The number of carbonyl (C=O) groups is 4. The molecule has 1 aliphatic heterocycles. The van der Waals surface area contributed by atoms with Crippen molar-refractivity contribution < 1.29 is 23.9 Å². The standard InChI is InChI=1S/C27H39N5O5/c1-5-12-28-25(35)22(15-19-16-29-21-9-7-6-8-20(19)21)31-24(34)18-10-13-32(14-11-18)23(33)17-30-26(36)37-27(2,3)4/h6-9,16,18,22,29H,5,10-15,17H2,1-4H3,(H,28,35)(H,30,36)(H,31,34)/t22-/m0/s1. The zero-order valence-electron chi connectivity index (χ0n) is 22.2. The molecule has 1 atom stereocenters. The summed E-state index contributed by atoms with van der Waals surface area (Å²) in [5, 5.41) is 9.37. The fourth-order valence-electron chi connectivity index (χ4n) is 4.36. The number of ether oxygens (including phenoxy) is 1. The van der Waals surface area contributed by atoms with Gasteiger partial charge in [-0.2, -0.15) is 0 Å². The van der Waals surface area contributed by atoms with Crippen LogP contribution in [0.3, 0.4) is 0 Å². The number of aromatic amines is 1. The molecule has 0 aliphatic carbocycles. The molecular formula is C27H39N5O5. The third-order valence-electron chi connectivity index (χ3n) is 6.28. The second-order valence-corrected chi connectivity index (χ2v) is 10.4. The molecular weight excluding hydrogens is 474 g/mol. The highest BCUT2D eigenvalue weighted by atomic mass is 16.6. The van der Waals surface area contributed by atoms with Crippen molar-refractivity contribution in [3.63, 3.8) is 0 Å². The van der Waals surface area contributed by atoms with Crippen molar-refractivity contribution in [1.82, 2.24) is 25.8 Å². The lowest BCUT2D eigenvalue weighted by Gasteiger charge is -2.32. The number of hydrogen-bond acceptors (Lipinski definition) is 5. The molecule has 1 aromatic heterocycles. The van der Waals surface area contributed by atoms with Crippen LogP contribution in [-0.4, -0.2) is 71.5 Å². The van der Waals surface area contributed by atoms with Crippen LogP contribution in [0, 0.1) is 5.92 Å². The maximum Gasteiger partial charge on any atom is 0.408 e. The summed E-state index contributed by atoms with van der Waals surface area (Å²) >= 11 is 0. The first-order valence-corrected chi connectivity index (χ1v) is 12.9. The average molecular weight is 514 g/mol. The minimum atomic E-state index is -0.698. The van der Waals surface area contributed by atoms with E-state index in [9.17, 15) is 19.2 Å². The van der Waals surface area contributed by atoms with Crippen LogP contribution in [0.4, 0.5) is 4.79 Å². The lowest BCUT2D eigenvalue weighted by atomic mass is 9.94. The highest BCUT2D eigenvalue weighted by molar-refractivity contribution is 5.90.